The molecule has 1 aliphatic rings. The fourth-order valence-corrected chi connectivity index (χ4v) is 2.50. The predicted molar refractivity (Wildman–Crippen MR) is 69.1 cm³/mol. The number of hydrogen-bond donors (Lipinski definition) is 2. The number of carbonyl (C=O) groups excluding carboxylic acids is 2. The Morgan fingerprint density at radius 1 is 1.37 bits per heavy atom. The van der Waals surface area contributed by atoms with Gasteiger partial charge in [-0.25, -0.2) is 0 Å². The number of rotatable bonds is 3. The number of likely N-dealkylation sites (tertiary alicyclic amines) is 1. The fourth-order valence-electron chi connectivity index (χ4n) is 2.50. The standard InChI is InChI=1S/C14H17NO4/c1-9(16)7-10-3-2-6-15(10)14(19)12-8-11(17)4-5-13(12)18/h4-5,8,10,17-18H,2-3,6-7H2,1H3. The van der Waals surface area contributed by atoms with Crippen LogP contribution in [-0.4, -0.2) is 39.4 Å². The number of phenols is 2. The van der Waals surface area contributed by atoms with E-state index in [-0.39, 0.29) is 34.8 Å². The van der Waals surface area contributed by atoms with Gasteiger partial charge in [-0.1, -0.05) is 0 Å². The van der Waals surface area contributed by atoms with Gasteiger partial charge in [0.1, 0.15) is 17.3 Å². The van der Waals surface area contributed by atoms with Gasteiger partial charge in [0.05, 0.1) is 5.56 Å². The molecule has 1 atom stereocenters. The Morgan fingerprint density at radius 3 is 2.79 bits per heavy atom. The van der Waals surface area contributed by atoms with Crippen molar-refractivity contribution < 1.29 is 19.8 Å². The Morgan fingerprint density at radius 2 is 2.11 bits per heavy atom. The van der Waals surface area contributed by atoms with Crippen molar-refractivity contribution in [2.45, 2.75) is 32.2 Å². The second kappa shape index (κ2) is 5.30. The zero-order chi connectivity index (χ0) is 14.0. The van der Waals surface area contributed by atoms with Crippen molar-refractivity contribution in [1.82, 2.24) is 4.90 Å². The van der Waals surface area contributed by atoms with Gasteiger partial charge in [0.25, 0.3) is 5.91 Å². The normalized spacial score (nSPS) is 18.6. The molecular formula is C14H17NO4. The van der Waals surface area contributed by atoms with Crippen LogP contribution < -0.4 is 0 Å². The maximum atomic E-state index is 12.4. The number of amides is 1. The summed E-state index contributed by atoms with van der Waals surface area (Å²) in [5.41, 5.74) is 0.0791. The Labute approximate surface area is 111 Å². The lowest BCUT2D eigenvalue weighted by molar-refractivity contribution is -0.117. The lowest BCUT2D eigenvalue weighted by Gasteiger charge is -2.24. The van der Waals surface area contributed by atoms with E-state index in [1.54, 1.807) is 4.90 Å². The SMILES string of the molecule is CC(=O)CC1CCCN1C(=O)c1cc(O)ccc1O. The van der Waals surface area contributed by atoms with Crippen molar-refractivity contribution in [3.63, 3.8) is 0 Å². The smallest absolute Gasteiger partial charge is 0.258 e. The van der Waals surface area contributed by atoms with E-state index in [9.17, 15) is 19.8 Å². The number of hydrogen-bond acceptors (Lipinski definition) is 4. The zero-order valence-electron chi connectivity index (χ0n) is 10.8. The van der Waals surface area contributed by atoms with E-state index in [1.807, 2.05) is 0 Å². The summed E-state index contributed by atoms with van der Waals surface area (Å²) in [5, 5.41) is 19.1. The lowest BCUT2D eigenvalue weighted by atomic mass is 10.1. The highest BCUT2D eigenvalue weighted by Gasteiger charge is 2.31. The van der Waals surface area contributed by atoms with E-state index < -0.39 is 0 Å². The van der Waals surface area contributed by atoms with Crippen LogP contribution in [0.1, 0.15) is 36.5 Å². The molecule has 1 aromatic carbocycles. The summed E-state index contributed by atoms with van der Waals surface area (Å²) in [7, 11) is 0. The summed E-state index contributed by atoms with van der Waals surface area (Å²) in [6.45, 7) is 2.08. The average molecular weight is 263 g/mol. The number of aromatic hydroxyl groups is 2. The summed E-state index contributed by atoms with van der Waals surface area (Å²) < 4.78 is 0. The van der Waals surface area contributed by atoms with Crippen LogP contribution in [0, 0.1) is 0 Å². The molecule has 2 N–H and O–H groups in total. The van der Waals surface area contributed by atoms with Gasteiger partial charge in [0, 0.05) is 19.0 Å². The first-order valence-electron chi connectivity index (χ1n) is 6.31. The summed E-state index contributed by atoms with van der Waals surface area (Å²) in [6, 6.07) is 3.76. The van der Waals surface area contributed by atoms with Gasteiger partial charge in [0.2, 0.25) is 0 Å². The van der Waals surface area contributed by atoms with Crippen LogP contribution in [0.4, 0.5) is 0 Å². The Kier molecular flexibility index (Phi) is 3.74. The van der Waals surface area contributed by atoms with Gasteiger partial charge in [-0.05, 0) is 38.0 Å². The largest absolute Gasteiger partial charge is 0.508 e. The van der Waals surface area contributed by atoms with Crippen molar-refractivity contribution >= 4 is 11.7 Å². The molecule has 5 nitrogen and oxygen atoms in total. The van der Waals surface area contributed by atoms with E-state index in [0.717, 1.165) is 12.8 Å². The van der Waals surface area contributed by atoms with Crippen LogP contribution in [0.2, 0.25) is 0 Å². The molecule has 102 valence electrons. The minimum Gasteiger partial charge on any atom is -0.508 e. The zero-order valence-corrected chi connectivity index (χ0v) is 10.8. The molecule has 1 amide bonds. The minimum absolute atomic E-state index is 0.0461. The average Bonchev–Trinajstić information content (AvgIpc) is 2.78. The van der Waals surface area contributed by atoms with E-state index in [4.69, 9.17) is 0 Å². The summed E-state index contributed by atoms with van der Waals surface area (Å²) in [5.74, 6) is -0.512. The molecule has 5 heteroatoms. The van der Waals surface area contributed by atoms with Crippen molar-refractivity contribution in [2.75, 3.05) is 6.54 Å². The van der Waals surface area contributed by atoms with E-state index in [1.165, 1.54) is 25.1 Å². The molecule has 0 bridgehead atoms. The van der Waals surface area contributed by atoms with Gasteiger partial charge in [-0.2, -0.15) is 0 Å². The second-order valence-corrected chi connectivity index (χ2v) is 4.90. The molecule has 1 unspecified atom stereocenters. The fraction of sp³-hybridized carbons (Fsp3) is 0.429. The van der Waals surface area contributed by atoms with Gasteiger partial charge in [0.15, 0.2) is 0 Å². The summed E-state index contributed by atoms with van der Waals surface area (Å²) in [4.78, 5) is 25.2. The highest BCUT2D eigenvalue weighted by molar-refractivity contribution is 5.97. The van der Waals surface area contributed by atoms with Crippen molar-refractivity contribution in [3.05, 3.63) is 23.8 Å². The van der Waals surface area contributed by atoms with Crippen LogP contribution in [-0.2, 0) is 4.79 Å². The van der Waals surface area contributed by atoms with E-state index in [0.29, 0.717) is 13.0 Å². The van der Waals surface area contributed by atoms with Gasteiger partial charge in [-0.15, -0.1) is 0 Å². The third kappa shape index (κ3) is 2.86. The van der Waals surface area contributed by atoms with Crippen LogP contribution in [0.3, 0.4) is 0 Å². The molecule has 19 heavy (non-hydrogen) atoms. The molecule has 0 radical (unpaired) electrons. The monoisotopic (exact) mass is 263 g/mol. The topological polar surface area (TPSA) is 77.8 Å². The first-order valence-corrected chi connectivity index (χ1v) is 6.31. The van der Waals surface area contributed by atoms with Gasteiger partial charge in [-0.3, -0.25) is 9.59 Å². The third-order valence-corrected chi connectivity index (χ3v) is 3.37. The number of Topliss-reactive ketones (excluding diaryl/α,β-unsaturated/α-hetero) is 1. The summed E-state index contributed by atoms with van der Waals surface area (Å²) in [6.07, 6.45) is 1.99. The van der Waals surface area contributed by atoms with Gasteiger partial charge >= 0.3 is 0 Å². The van der Waals surface area contributed by atoms with E-state index in [2.05, 4.69) is 0 Å². The number of nitrogens with zero attached hydrogens (tertiary/aromatic N) is 1. The Balaban J connectivity index is 2.23. The lowest BCUT2D eigenvalue weighted by Crippen LogP contribution is -2.36. The maximum absolute atomic E-state index is 12.4. The molecule has 1 fully saturated rings. The molecule has 0 spiro atoms. The molecule has 1 aliphatic heterocycles. The van der Waals surface area contributed by atoms with Crippen molar-refractivity contribution in [2.24, 2.45) is 0 Å². The third-order valence-electron chi connectivity index (χ3n) is 3.37. The Bertz CT molecular complexity index is 512. The minimum atomic E-state index is -0.336. The summed E-state index contributed by atoms with van der Waals surface area (Å²) >= 11 is 0. The highest BCUT2D eigenvalue weighted by atomic mass is 16.3. The van der Waals surface area contributed by atoms with E-state index >= 15 is 0 Å². The van der Waals surface area contributed by atoms with Crippen LogP contribution >= 0.6 is 0 Å². The highest BCUT2D eigenvalue weighted by Crippen LogP contribution is 2.28. The molecule has 2 rings (SSSR count). The van der Waals surface area contributed by atoms with Gasteiger partial charge < -0.3 is 15.1 Å². The first kappa shape index (κ1) is 13.4. The quantitative estimate of drug-likeness (QED) is 0.813. The van der Waals surface area contributed by atoms with Crippen LogP contribution in [0.5, 0.6) is 11.5 Å². The molecular weight excluding hydrogens is 246 g/mol. The Hall–Kier alpha value is -2.04. The number of benzene rings is 1. The molecule has 1 heterocycles. The van der Waals surface area contributed by atoms with Crippen molar-refractivity contribution in [1.29, 1.82) is 0 Å². The molecule has 0 aromatic heterocycles. The predicted octanol–water partition coefficient (Wildman–Crippen LogP) is 1.68. The molecule has 0 saturated carbocycles. The maximum Gasteiger partial charge on any atom is 0.258 e. The molecule has 1 aromatic rings. The molecule has 1 saturated heterocycles. The number of carbonyl (C=O) groups is 2. The number of phenolic OH excluding ortho intramolecular Hbond substituents is 2. The second-order valence-electron chi connectivity index (χ2n) is 4.90. The van der Waals surface area contributed by atoms with Crippen molar-refractivity contribution in [3.8, 4) is 11.5 Å². The first-order chi connectivity index (χ1) is 8.99. The molecule has 0 aliphatic carbocycles. The van der Waals surface area contributed by atoms with Crippen LogP contribution in [0.15, 0.2) is 18.2 Å². The van der Waals surface area contributed by atoms with Crippen LogP contribution in [0.25, 0.3) is 0 Å². The number of ketones is 1.